The number of hydrogen-bond donors (Lipinski definition) is 1. The minimum atomic E-state index is -0.992. The number of carbonyl (C=O) groups is 2. The highest BCUT2D eigenvalue weighted by molar-refractivity contribution is 9.10. The number of carbonyl (C=O) groups excluding carboxylic acids is 2. The Balaban J connectivity index is 1.82. The standard InChI is InChI=1S/C15H20BrFN2O2S/c1-3-19(14(20)5-11-4-10(16)8-22-11)7-9(2)18-15(21)12-6-13(12)17/h4,8-9,12-13H,3,5-7H2,1-2H3,(H,18,21). The van der Waals surface area contributed by atoms with E-state index < -0.39 is 12.1 Å². The fourth-order valence-electron chi connectivity index (χ4n) is 2.28. The molecule has 0 aliphatic heterocycles. The zero-order valence-corrected chi connectivity index (χ0v) is 15.0. The van der Waals surface area contributed by atoms with Crippen LogP contribution in [0.4, 0.5) is 4.39 Å². The van der Waals surface area contributed by atoms with E-state index in [1.54, 1.807) is 16.2 Å². The molecule has 1 saturated carbocycles. The van der Waals surface area contributed by atoms with E-state index in [2.05, 4.69) is 21.2 Å². The summed E-state index contributed by atoms with van der Waals surface area (Å²) in [7, 11) is 0. The van der Waals surface area contributed by atoms with Gasteiger partial charge >= 0.3 is 0 Å². The zero-order valence-electron chi connectivity index (χ0n) is 12.6. The van der Waals surface area contributed by atoms with Crippen LogP contribution in [0.15, 0.2) is 15.9 Å². The molecule has 1 heterocycles. The SMILES string of the molecule is CCN(CC(C)NC(=O)C1CC1F)C(=O)Cc1cc(Br)cs1. The van der Waals surface area contributed by atoms with Gasteiger partial charge in [-0.3, -0.25) is 9.59 Å². The zero-order chi connectivity index (χ0) is 16.3. The summed E-state index contributed by atoms with van der Waals surface area (Å²) in [6.07, 6.45) is -0.310. The normalized spacial score (nSPS) is 21.3. The molecule has 1 N–H and O–H groups in total. The van der Waals surface area contributed by atoms with Crippen LogP contribution in [0.2, 0.25) is 0 Å². The number of halogens is 2. The Morgan fingerprint density at radius 1 is 1.59 bits per heavy atom. The van der Waals surface area contributed by atoms with Crippen molar-refractivity contribution in [3.63, 3.8) is 0 Å². The quantitative estimate of drug-likeness (QED) is 0.777. The molecule has 122 valence electrons. The number of hydrogen-bond acceptors (Lipinski definition) is 3. The van der Waals surface area contributed by atoms with Gasteiger partial charge in [-0.2, -0.15) is 0 Å². The average Bonchev–Trinajstić information content (AvgIpc) is 3.05. The van der Waals surface area contributed by atoms with Crippen molar-refractivity contribution in [2.24, 2.45) is 5.92 Å². The molecular weight excluding hydrogens is 371 g/mol. The monoisotopic (exact) mass is 390 g/mol. The number of thiophene rings is 1. The molecule has 0 aromatic carbocycles. The third kappa shape index (κ3) is 4.78. The first kappa shape index (κ1) is 17.4. The van der Waals surface area contributed by atoms with Crippen LogP contribution in [0, 0.1) is 5.92 Å². The molecule has 3 atom stereocenters. The minimum Gasteiger partial charge on any atom is -0.352 e. The first-order valence-corrected chi connectivity index (χ1v) is 9.03. The number of rotatable bonds is 7. The lowest BCUT2D eigenvalue weighted by atomic mass is 10.2. The number of nitrogens with zero attached hydrogens (tertiary/aromatic N) is 1. The van der Waals surface area contributed by atoms with E-state index in [0.717, 1.165) is 9.35 Å². The Labute approximate surface area is 142 Å². The van der Waals surface area contributed by atoms with Gasteiger partial charge in [0.2, 0.25) is 11.8 Å². The Bertz CT molecular complexity index is 551. The Hall–Kier alpha value is -0.950. The van der Waals surface area contributed by atoms with Crippen molar-refractivity contribution in [2.45, 2.75) is 38.9 Å². The summed E-state index contributed by atoms with van der Waals surface area (Å²) in [6.45, 7) is 4.78. The van der Waals surface area contributed by atoms with Crippen molar-refractivity contribution >= 4 is 39.1 Å². The topological polar surface area (TPSA) is 49.4 Å². The highest BCUT2D eigenvalue weighted by atomic mass is 79.9. The summed E-state index contributed by atoms with van der Waals surface area (Å²) >= 11 is 4.92. The highest BCUT2D eigenvalue weighted by Crippen LogP contribution is 2.33. The minimum absolute atomic E-state index is 0.0349. The molecule has 0 spiro atoms. The maximum Gasteiger partial charge on any atom is 0.227 e. The molecule has 3 unspecified atom stereocenters. The van der Waals surface area contributed by atoms with E-state index >= 15 is 0 Å². The Kier molecular flexibility index (Phi) is 5.97. The molecule has 1 aliphatic rings. The summed E-state index contributed by atoms with van der Waals surface area (Å²) in [5.74, 6) is -0.699. The van der Waals surface area contributed by atoms with Crippen molar-refractivity contribution in [3.8, 4) is 0 Å². The molecule has 2 rings (SSSR count). The van der Waals surface area contributed by atoms with Gasteiger partial charge in [-0.15, -0.1) is 11.3 Å². The highest BCUT2D eigenvalue weighted by Gasteiger charge is 2.43. The summed E-state index contributed by atoms with van der Waals surface area (Å²) in [6, 6.07) is 1.76. The summed E-state index contributed by atoms with van der Waals surface area (Å²) in [5, 5.41) is 4.73. The molecule has 1 aromatic heterocycles. The lowest BCUT2D eigenvalue weighted by Gasteiger charge is -2.25. The van der Waals surface area contributed by atoms with Gasteiger partial charge in [-0.25, -0.2) is 4.39 Å². The Morgan fingerprint density at radius 2 is 2.27 bits per heavy atom. The molecule has 7 heteroatoms. The third-order valence-corrected chi connectivity index (χ3v) is 5.31. The molecule has 0 saturated heterocycles. The van der Waals surface area contributed by atoms with E-state index in [1.807, 2.05) is 25.3 Å². The summed E-state index contributed by atoms with van der Waals surface area (Å²) in [4.78, 5) is 26.7. The fourth-order valence-corrected chi connectivity index (χ4v) is 3.72. The van der Waals surface area contributed by atoms with E-state index in [0.29, 0.717) is 25.9 Å². The largest absolute Gasteiger partial charge is 0.352 e. The van der Waals surface area contributed by atoms with Crippen molar-refractivity contribution in [2.75, 3.05) is 13.1 Å². The maximum absolute atomic E-state index is 12.8. The molecule has 1 aliphatic carbocycles. The lowest BCUT2D eigenvalue weighted by molar-refractivity contribution is -0.131. The van der Waals surface area contributed by atoms with Crippen molar-refractivity contribution < 1.29 is 14.0 Å². The van der Waals surface area contributed by atoms with Crippen molar-refractivity contribution in [3.05, 3.63) is 20.8 Å². The first-order valence-electron chi connectivity index (χ1n) is 7.35. The van der Waals surface area contributed by atoms with Gasteiger partial charge < -0.3 is 10.2 Å². The van der Waals surface area contributed by atoms with Crippen LogP contribution in [0.1, 0.15) is 25.1 Å². The molecular formula is C15H20BrFN2O2S. The van der Waals surface area contributed by atoms with Crippen LogP contribution in [0.3, 0.4) is 0 Å². The number of nitrogens with one attached hydrogen (secondary N) is 1. The first-order chi connectivity index (χ1) is 10.4. The third-order valence-electron chi connectivity index (χ3n) is 3.61. The Morgan fingerprint density at radius 3 is 2.77 bits per heavy atom. The van der Waals surface area contributed by atoms with E-state index in [1.165, 1.54) is 0 Å². The van der Waals surface area contributed by atoms with Crippen LogP contribution in [-0.2, 0) is 16.0 Å². The average molecular weight is 391 g/mol. The molecule has 1 fully saturated rings. The summed E-state index contributed by atoms with van der Waals surface area (Å²) in [5.41, 5.74) is 0. The van der Waals surface area contributed by atoms with E-state index in [4.69, 9.17) is 0 Å². The van der Waals surface area contributed by atoms with Gasteiger partial charge in [0, 0.05) is 33.9 Å². The van der Waals surface area contributed by atoms with Crippen LogP contribution >= 0.6 is 27.3 Å². The predicted molar refractivity (Wildman–Crippen MR) is 88.6 cm³/mol. The number of amides is 2. The second kappa shape index (κ2) is 7.55. The van der Waals surface area contributed by atoms with Gasteiger partial charge in [-0.05, 0) is 42.3 Å². The number of likely N-dealkylation sites (N-methyl/N-ethyl adjacent to an activating group) is 1. The molecule has 0 radical (unpaired) electrons. The van der Waals surface area contributed by atoms with Crippen molar-refractivity contribution in [1.29, 1.82) is 0 Å². The van der Waals surface area contributed by atoms with Gasteiger partial charge in [0.25, 0.3) is 0 Å². The molecule has 4 nitrogen and oxygen atoms in total. The van der Waals surface area contributed by atoms with Crippen LogP contribution < -0.4 is 5.32 Å². The van der Waals surface area contributed by atoms with Gasteiger partial charge in [0.15, 0.2) is 0 Å². The van der Waals surface area contributed by atoms with E-state index in [9.17, 15) is 14.0 Å². The molecule has 1 aromatic rings. The summed E-state index contributed by atoms with van der Waals surface area (Å²) < 4.78 is 13.8. The lowest BCUT2D eigenvalue weighted by Crippen LogP contribution is -2.45. The second-order valence-corrected chi connectivity index (χ2v) is 7.52. The van der Waals surface area contributed by atoms with Gasteiger partial charge in [0.1, 0.15) is 6.17 Å². The van der Waals surface area contributed by atoms with Crippen LogP contribution in [-0.4, -0.2) is 42.0 Å². The molecule has 0 bridgehead atoms. The van der Waals surface area contributed by atoms with Crippen molar-refractivity contribution in [1.82, 2.24) is 10.2 Å². The fraction of sp³-hybridized carbons (Fsp3) is 0.600. The smallest absolute Gasteiger partial charge is 0.227 e. The molecule has 2 amide bonds. The molecule has 22 heavy (non-hydrogen) atoms. The second-order valence-electron chi connectivity index (χ2n) is 5.61. The van der Waals surface area contributed by atoms with E-state index in [-0.39, 0.29) is 17.9 Å². The predicted octanol–water partition coefficient (Wildman–Crippen LogP) is 2.76. The number of alkyl halides is 1. The van der Waals surface area contributed by atoms with Gasteiger partial charge in [-0.1, -0.05) is 0 Å². The maximum atomic E-state index is 12.8. The van der Waals surface area contributed by atoms with Crippen LogP contribution in [0.5, 0.6) is 0 Å². The van der Waals surface area contributed by atoms with Gasteiger partial charge in [0.05, 0.1) is 12.3 Å². The van der Waals surface area contributed by atoms with Crippen LogP contribution in [0.25, 0.3) is 0 Å².